The van der Waals surface area contributed by atoms with Crippen LogP contribution in [0.4, 0.5) is 4.79 Å². The first-order chi connectivity index (χ1) is 13.1. The van der Waals surface area contributed by atoms with Crippen molar-refractivity contribution in [3.05, 3.63) is 70.7 Å². The summed E-state index contributed by atoms with van der Waals surface area (Å²) in [5.41, 5.74) is 2.01. The number of nitrogens with zero attached hydrogens (tertiary/aromatic N) is 2. The molecule has 6 heteroatoms. The number of rotatable bonds is 5. The van der Waals surface area contributed by atoms with Gasteiger partial charge in [0.2, 0.25) is 5.91 Å². The number of aryl methyl sites for hydroxylation is 1. The predicted molar refractivity (Wildman–Crippen MR) is 105 cm³/mol. The second-order valence-corrected chi connectivity index (χ2v) is 6.97. The standard InChI is InChI=1S/C21H23ClN2O3/c22-19-8-4-7-17(15-19)9-10-20(25)23-11-13-24(14-12-23)21(26)27-16-18-5-2-1-3-6-18/h1-8,15H,9-14,16H2. The molecule has 1 aliphatic heterocycles. The zero-order chi connectivity index (χ0) is 19.1. The van der Waals surface area contributed by atoms with Gasteiger partial charge in [0.25, 0.3) is 0 Å². The van der Waals surface area contributed by atoms with E-state index >= 15 is 0 Å². The van der Waals surface area contributed by atoms with Gasteiger partial charge in [-0.2, -0.15) is 0 Å². The van der Waals surface area contributed by atoms with E-state index in [2.05, 4.69) is 0 Å². The van der Waals surface area contributed by atoms with Crippen molar-refractivity contribution in [1.82, 2.24) is 9.80 Å². The van der Waals surface area contributed by atoms with Crippen LogP contribution in [0.15, 0.2) is 54.6 Å². The van der Waals surface area contributed by atoms with E-state index < -0.39 is 0 Å². The van der Waals surface area contributed by atoms with Gasteiger partial charge in [-0.1, -0.05) is 54.1 Å². The molecule has 0 aliphatic carbocycles. The Morgan fingerprint density at radius 2 is 1.56 bits per heavy atom. The molecule has 142 valence electrons. The summed E-state index contributed by atoms with van der Waals surface area (Å²) in [5, 5.41) is 0.683. The molecule has 0 atom stereocenters. The van der Waals surface area contributed by atoms with Crippen LogP contribution in [0, 0.1) is 0 Å². The summed E-state index contributed by atoms with van der Waals surface area (Å²) in [4.78, 5) is 28.0. The topological polar surface area (TPSA) is 49.9 Å². The van der Waals surface area contributed by atoms with Gasteiger partial charge >= 0.3 is 6.09 Å². The molecule has 0 radical (unpaired) electrons. The van der Waals surface area contributed by atoms with Crippen molar-refractivity contribution in [3.63, 3.8) is 0 Å². The monoisotopic (exact) mass is 386 g/mol. The van der Waals surface area contributed by atoms with E-state index in [1.54, 1.807) is 4.90 Å². The largest absolute Gasteiger partial charge is 0.445 e. The molecule has 2 amide bonds. The third-order valence-corrected chi connectivity index (χ3v) is 4.85. The molecular weight excluding hydrogens is 364 g/mol. The van der Waals surface area contributed by atoms with E-state index in [4.69, 9.17) is 16.3 Å². The maximum Gasteiger partial charge on any atom is 0.410 e. The fourth-order valence-corrected chi connectivity index (χ4v) is 3.26. The molecule has 2 aromatic carbocycles. The third-order valence-electron chi connectivity index (χ3n) is 4.61. The first kappa shape index (κ1) is 19.2. The number of carbonyl (C=O) groups is 2. The molecule has 0 saturated carbocycles. The van der Waals surface area contributed by atoms with Crippen LogP contribution in [-0.2, 0) is 22.6 Å². The summed E-state index contributed by atoms with van der Waals surface area (Å²) in [6, 6.07) is 17.2. The quantitative estimate of drug-likeness (QED) is 0.786. The second-order valence-electron chi connectivity index (χ2n) is 6.54. The van der Waals surface area contributed by atoms with E-state index in [1.165, 1.54) is 0 Å². The summed E-state index contributed by atoms with van der Waals surface area (Å²) in [6.45, 7) is 2.33. The van der Waals surface area contributed by atoms with Gasteiger partial charge in [0.05, 0.1) is 0 Å². The van der Waals surface area contributed by atoms with E-state index in [9.17, 15) is 9.59 Å². The van der Waals surface area contributed by atoms with Crippen molar-refractivity contribution in [3.8, 4) is 0 Å². The molecule has 0 unspecified atom stereocenters. The average molecular weight is 387 g/mol. The molecule has 0 aromatic heterocycles. The number of benzene rings is 2. The van der Waals surface area contributed by atoms with Gasteiger partial charge in [-0.15, -0.1) is 0 Å². The average Bonchev–Trinajstić information content (AvgIpc) is 2.71. The molecule has 0 bridgehead atoms. The van der Waals surface area contributed by atoms with Crippen molar-refractivity contribution in [2.75, 3.05) is 26.2 Å². The highest BCUT2D eigenvalue weighted by Crippen LogP contribution is 2.14. The fourth-order valence-electron chi connectivity index (χ4n) is 3.05. The number of piperazine rings is 1. The van der Waals surface area contributed by atoms with Gasteiger partial charge in [0, 0.05) is 37.6 Å². The number of hydrogen-bond donors (Lipinski definition) is 0. The Balaban J connectivity index is 1.40. The lowest BCUT2D eigenvalue weighted by Gasteiger charge is -2.34. The Morgan fingerprint density at radius 3 is 2.26 bits per heavy atom. The van der Waals surface area contributed by atoms with Gasteiger partial charge in [0.1, 0.15) is 6.61 Å². The van der Waals surface area contributed by atoms with Crippen LogP contribution in [0.25, 0.3) is 0 Å². The summed E-state index contributed by atoms with van der Waals surface area (Å²) in [6.07, 6.45) is 0.780. The Bertz CT molecular complexity index is 774. The first-order valence-corrected chi connectivity index (χ1v) is 9.47. The molecule has 27 heavy (non-hydrogen) atoms. The number of amides is 2. The Morgan fingerprint density at radius 1 is 0.889 bits per heavy atom. The van der Waals surface area contributed by atoms with Gasteiger partial charge in [0.15, 0.2) is 0 Å². The number of hydrogen-bond acceptors (Lipinski definition) is 3. The predicted octanol–water partition coefficient (Wildman–Crippen LogP) is 3.75. The molecule has 3 rings (SSSR count). The van der Waals surface area contributed by atoms with Gasteiger partial charge < -0.3 is 14.5 Å². The lowest BCUT2D eigenvalue weighted by atomic mass is 10.1. The van der Waals surface area contributed by atoms with Crippen molar-refractivity contribution < 1.29 is 14.3 Å². The highest BCUT2D eigenvalue weighted by atomic mass is 35.5. The number of ether oxygens (including phenoxy) is 1. The maximum atomic E-state index is 12.4. The summed E-state index contributed by atoms with van der Waals surface area (Å²) in [5.74, 6) is 0.104. The lowest BCUT2D eigenvalue weighted by molar-refractivity contribution is -0.132. The van der Waals surface area contributed by atoms with E-state index in [1.807, 2.05) is 59.5 Å². The molecule has 2 aromatic rings. The van der Waals surface area contributed by atoms with Crippen LogP contribution in [0.3, 0.4) is 0 Å². The van der Waals surface area contributed by atoms with Crippen LogP contribution >= 0.6 is 11.6 Å². The smallest absolute Gasteiger partial charge is 0.410 e. The van der Waals surface area contributed by atoms with Crippen LogP contribution in [0.1, 0.15) is 17.5 Å². The van der Waals surface area contributed by atoms with Crippen LogP contribution in [0.5, 0.6) is 0 Å². The van der Waals surface area contributed by atoms with E-state index in [0.29, 0.717) is 44.0 Å². The van der Waals surface area contributed by atoms with E-state index in [-0.39, 0.29) is 18.6 Å². The second kappa shape index (κ2) is 9.42. The van der Waals surface area contributed by atoms with Crippen molar-refractivity contribution >= 4 is 23.6 Å². The van der Waals surface area contributed by atoms with Gasteiger partial charge in [-0.05, 0) is 29.7 Å². The minimum Gasteiger partial charge on any atom is -0.445 e. The van der Waals surface area contributed by atoms with Crippen molar-refractivity contribution in [2.24, 2.45) is 0 Å². The highest BCUT2D eigenvalue weighted by Gasteiger charge is 2.24. The summed E-state index contributed by atoms with van der Waals surface area (Å²) >= 11 is 5.97. The lowest BCUT2D eigenvalue weighted by Crippen LogP contribution is -2.50. The third kappa shape index (κ3) is 5.73. The molecule has 5 nitrogen and oxygen atoms in total. The van der Waals surface area contributed by atoms with Gasteiger partial charge in [-0.25, -0.2) is 4.79 Å². The SMILES string of the molecule is O=C(CCc1cccc(Cl)c1)N1CCN(C(=O)OCc2ccccc2)CC1. The molecule has 1 aliphatic rings. The normalized spacial score (nSPS) is 14.1. The first-order valence-electron chi connectivity index (χ1n) is 9.09. The maximum absolute atomic E-state index is 12.4. The molecule has 1 heterocycles. The Labute approximate surface area is 164 Å². The molecule has 1 saturated heterocycles. The van der Waals surface area contributed by atoms with Crippen LogP contribution < -0.4 is 0 Å². The van der Waals surface area contributed by atoms with Crippen molar-refractivity contribution in [1.29, 1.82) is 0 Å². The zero-order valence-corrected chi connectivity index (χ0v) is 15.9. The Hall–Kier alpha value is -2.53. The minimum atomic E-state index is -0.329. The summed E-state index contributed by atoms with van der Waals surface area (Å²) < 4.78 is 5.35. The minimum absolute atomic E-state index is 0.104. The number of carbonyl (C=O) groups excluding carboxylic acids is 2. The molecule has 0 spiro atoms. The van der Waals surface area contributed by atoms with Crippen molar-refractivity contribution in [2.45, 2.75) is 19.4 Å². The Kier molecular flexibility index (Phi) is 6.71. The van der Waals surface area contributed by atoms with Crippen LogP contribution in [0.2, 0.25) is 5.02 Å². The molecule has 1 fully saturated rings. The van der Waals surface area contributed by atoms with E-state index in [0.717, 1.165) is 11.1 Å². The highest BCUT2D eigenvalue weighted by molar-refractivity contribution is 6.30. The zero-order valence-electron chi connectivity index (χ0n) is 15.1. The molecular formula is C21H23ClN2O3. The van der Waals surface area contributed by atoms with Crippen LogP contribution in [-0.4, -0.2) is 48.0 Å². The number of halogens is 1. The molecule has 0 N–H and O–H groups in total. The summed E-state index contributed by atoms with van der Waals surface area (Å²) in [7, 11) is 0. The fraction of sp³-hybridized carbons (Fsp3) is 0.333. The van der Waals surface area contributed by atoms with Gasteiger partial charge in [-0.3, -0.25) is 4.79 Å².